The predicted molar refractivity (Wildman–Crippen MR) is 128 cm³/mol. The zero-order valence-corrected chi connectivity index (χ0v) is 20.0. The van der Waals surface area contributed by atoms with Gasteiger partial charge in [0.05, 0.1) is 18.8 Å². The van der Waals surface area contributed by atoms with E-state index in [9.17, 15) is 4.79 Å². The van der Waals surface area contributed by atoms with Crippen LogP contribution in [0.4, 0.5) is 5.82 Å². The van der Waals surface area contributed by atoms with E-state index >= 15 is 0 Å². The summed E-state index contributed by atoms with van der Waals surface area (Å²) >= 11 is 0. The van der Waals surface area contributed by atoms with Crippen molar-refractivity contribution in [2.45, 2.75) is 32.1 Å². The van der Waals surface area contributed by atoms with E-state index in [0.717, 1.165) is 69.6 Å². The molecule has 33 heavy (non-hydrogen) atoms. The van der Waals surface area contributed by atoms with Crippen LogP contribution in [0.2, 0.25) is 0 Å². The molecule has 2 aliphatic rings. The Hall–Kier alpha value is -2.71. The summed E-state index contributed by atoms with van der Waals surface area (Å²) in [6, 6.07) is 9.50. The van der Waals surface area contributed by atoms with Crippen LogP contribution < -0.4 is 10.1 Å². The fourth-order valence-electron chi connectivity index (χ4n) is 4.61. The van der Waals surface area contributed by atoms with Gasteiger partial charge < -0.3 is 19.7 Å². The van der Waals surface area contributed by atoms with Crippen molar-refractivity contribution in [1.29, 1.82) is 0 Å². The first-order valence-corrected chi connectivity index (χ1v) is 11.8. The van der Waals surface area contributed by atoms with Crippen LogP contribution in [0, 0.1) is 6.92 Å². The smallest absolute Gasteiger partial charge is 0.257 e. The molecule has 1 aromatic carbocycles. The Morgan fingerprint density at radius 1 is 1.21 bits per heavy atom. The predicted octanol–water partition coefficient (Wildman–Crippen LogP) is 2.73. The van der Waals surface area contributed by atoms with Gasteiger partial charge in [-0.05, 0) is 31.9 Å². The molecule has 1 aromatic heterocycles. The number of piperidine rings is 1. The summed E-state index contributed by atoms with van der Waals surface area (Å²) < 4.78 is 11.5. The summed E-state index contributed by atoms with van der Waals surface area (Å²) in [5.74, 6) is 2.25. The zero-order chi connectivity index (χ0) is 23.3. The third-order valence-corrected chi connectivity index (χ3v) is 6.52. The van der Waals surface area contributed by atoms with Gasteiger partial charge in [0, 0.05) is 56.9 Å². The first-order valence-electron chi connectivity index (χ1n) is 11.8. The second-order valence-corrected chi connectivity index (χ2v) is 9.16. The zero-order valence-electron chi connectivity index (χ0n) is 20.0. The second-order valence-electron chi connectivity index (χ2n) is 9.16. The molecular formula is C25H35N5O3. The lowest BCUT2D eigenvalue weighted by molar-refractivity contribution is 0.0321. The van der Waals surface area contributed by atoms with Gasteiger partial charge in [-0.2, -0.15) is 0 Å². The van der Waals surface area contributed by atoms with Crippen LogP contribution in [0.3, 0.4) is 0 Å². The molecule has 0 radical (unpaired) electrons. The first kappa shape index (κ1) is 23.4. The average Bonchev–Trinajstić information content (AvgIpc) is 2.84. The van der Waals surface area contributed by atoms with E-state index in [4.69, 9.17) is 19.4 Å². The Kier molecular flexibility index (Phi) is 7.45. The van der Waals surface area contributed by atoms with E-state index in [1.165, 1.54) is 0 Å². The molecule has 0 unspecified atom stereocenters. The highest BCUT2D eigenvalue weighted by Gasteiger charge is 2.38. The molecule has 2 aromatic rings. The number of hydrogen-bond donors (Lipinski definition) is 1. The molecule has 0 bridgehead atoms. The number of benzene rings is 1. The Bertz CT molecular complexity index is 963. The van der Waals surface area contributed by atoms with Gasteiger partial charge in [-0.3, -0.25) is 9.69 Å². The number of nitrogens with zero attached hydrogens (tertiary/aromatic N) is 4. The van der Waals surface area contributed by atoms with Crippen molar-refractivity contribution in [3.63, 3.8) is 0 Å². The highest BCUT2D eigenvalue weighted by atomic mass is 16.5. The van der Waals surface area contributed by atoms with Crippen molar-refractivity contribution in [2.24, 2.45) is 0 Å². The Morgan fingerprint density at radius 3 is 2.79 bits per heavy atom. The topological polar surface area (TPSA) is 79.8 Å². The van der Waals surface area contributed by atoms with Gasteiger partial charge in [0.1, 0.15) is 24.0 Å². The van der Waals surface area contributed by atoms with Crippen molar-refractivity contribution in [2.75, 3.05) is 64.9 Å². The number of amides is 1. The normalized spacial score (nSPS) is 21.6. The molecule has 1 atom stereocenters. The van der Waals surface area contributed by atoms with Gasteiger partial charge in [0.15, 0.2) is 0 Å². The van der Waals surface area contributed by atoms with Crippen LogP contribution in [-0.2, 0) is 10.2 Å². The minimum atomic E-state index is -0.294. The second kappa shape index (κ2) is 10.5. The van der Waals surface area contributed by atoms with Crippen molar-refractivity contribution < 1.29 is 14.3 Å². The monoisotopic (exact) mass is 453 g/mol. The maximum absolute atomic E-state index is 13.6. The number of carbonyl (C=O) groups is 1. The number of hydrogen-bond acceptors (Lipinski definition) is 7. The van der Waals surface area contributed by atoms with E-state index in [-0.39, 0.29) is 11.3 Å². The average molecular weight is 454 g/mol. The molecule has 4 rings (SSSR count). The number of likely N-dealkylation sites (tertiary alicyclic amines) is 1. The van der Waals surface area contributed by atoms with Crippen LogP contribution in [0.15, 0.2) is 30.3 Å². The molecule has 2 aliphatic heterocycles. The number of ether oxygens (including phenoxy) is 2. The van der Waals surface area contributed by atoms with Crippen molar-refractivity contribution >= 4 is 11.7 Å². The molecule has 0 spiro atoms. The summed E-state index contributed by atoms with van der Waals surface area (Å²) in [5, 5.41) is 3.12. The lowest BCUT2D eigenvalue weighted by atomic mass is 9.80. The van der Waals surface area contributed by atoms with Crippen molar-refractivity contribution in [3.8, 4) is 5.75 Å². The van der Waals surface area contributed by atoms with E-state index in [2.05, 4.69) is 17.1 Å². The number of carbonyl (C=O) groups excluding carboxylic acids is 1. The van der Waals surface area contributed by atoms with Gasteiger partial charge >= 0.3 is 0 Å². The summed E-state index contributed by atoms with van der Waals surface area (Å²) in [5.41, 5.74) is 1.25. The van der Waals surface area contributed by atoms with Crippen LogP contribution >= 0.6 is 0 Å². The lowest BCUT2D eigenvalue weighted by Gasteiger charge is -2.39. The lowest BCUT2D eigenvalue weighted by Crippen LogP contribution is -2.48. The SMILES string of the molecule is CNc1cc(C)nc([C@@]2(C)CCCN(C(=O)c3ccccc3OCCN3CCOCC3)C2)n1. The number of aromatic nitrogens is 2. The van der Waals surface area contributed by atoms with Gasteiger partial charge in [-0.1, -0.05) is 19.1 Å². The van der Waals surface area contributed by atoms with Crippen molar-refractivity contribution in [3.05, 3.63) is 47.4 Å². The van der Waals surface area contributed by atoms with Crippen molar-refractivity contribution in [1.82, 2.24) is 19.8 Å². The third-order valence-electron chi connectivity index (χ3n) is 6.52. The molecule has 2 fully saturated rings. The van der Waals surface area contributed by atoms with E-state index in [1.807, 2.05) is 49.2 Å². The molecule has 1 amide bonds. The minimum Gasteiger partial charge on any atom is -0.491 e. The minimum absolute atomic E-state index is 0.00407. The molecule has 1 N–H and O–H groups in total. The maximum Gasteiger partial charge on any atom is 0.257 e. The van der Waals surface area contributed by atoms with Crippen LogP contribution in [0.1, 0.15) is 41.6 Å². The highest BCUT2D eigenvalue weighted by Crippen LogP contribution is 2.34. The molecule has 8 nitrogen and oxygen atoms in total. The molecule has 0 aliphatic carbocycles. The number of morpholine rings is 1. The van der Waals surface area contributed by atoms with Crippen LogP contribution in [0.25, 0.3) is 0 Å². The Morgan fingerprint density at radius 2 is 2.00 bits per heavy atom. The van der Waals surface area contributed by atoms with Gasteiger partial charge in [-0.25, -0.2) is 9.97 Å². The quantitative estimate of drug-likeness (QED) is 0.690. The fourth-order valence-corrected chi connectivity index (χ4v) is 4.61. The third kappa shape index (κ3) is 5.62. The largest absolute Gasteiger partial charge is 0.491 e. The summed E-state index contributed by atoms with van der Waals surface area (Å²) in [6.07, 6.45) is 1.86. The van der Waals surface area contributed by atoms with Crippen LogP contribution in [0.5, 0.6) is 5.75 Å². The molecule has 2 saturated heterocycles. The maximum atomic E-state index is 13.6. The number of anilines is 1. The summed E-state index contributed by atoms with van der Waals surface area (Å²) in [7, 11) is 1.86. The van der Waals surface area contributed by atoms with Gasteiger partial charge in [0.25, 0.3) is 5.91 Å². The first-order chi connectivity index (χ1) is 16.0. The number of nitrogens with one attached hydrogen (secondary N) is 1. The summed E-state index contributed by atoms with van der Waals surface area (Å²) in [6.45, 7) is 10.2. The molecule has 3 heterocycles. The Labute approximate surface area is 196 Å². The van der Waals surface area contributed by atoms with E-state index < -0.39 is 0 Å². The molecule has 8 heteroatoms. The number of aryl methyl sites for hydroxylation is 1. The van der Waals surface area contributed by atoms with Gasteiger partial charge in [0.2, 0.25) is 0 Å². The molecule has 0 saturated carbocycles. The summed E-state index contributed by atoms with van der Waals surface area (Å²) in [4.78, 5) is 27.3. The fraction of sp³-hybridized carbons (Fsp3) is 0.560. The highest BCUT2D eigenvalue weighted by molar-refractivity contribution is 5.97. The van der Waals surface area contributed by atoms with Gasteiger partial charge in [-0.15, -0.1) is 0 Å². The Balaban J connectivity index is 1.46. The van der Waals surface area contributed by atoms with E-state index in [0.29, 0.717) is 24.5 Å². The standard InChI is InChI=1S/C25H35N5O3/c1-19-17-22(26-3)28-24(27-19)25(2)9-6-10-30(18-25)23(31)20-7-4-5-8-21(20)33-16-13-29-11-14-32-15-12-29/h4-5,7-8,17H,6,9-16,18H2,1-3H3,(H,26,27,28)/t25-/m0/s1. The molecule has 178 valence electrons. The molecular weight excluding hydrogens is 418 g/mol. The van der Waals surface area contributed by atoms with Crippen LogP contribution in [-0.4, -0.2) is 85.3 Å². The number of rotatable bonds is 7. The number of para-hydroxylation sites is 1. The van der Waals surface area contributed by atoms with E-state index in [1.54, 1.807) is 0 Å².